The molecule has 0 aliphatic heterocycles. The van der Waals surface area contributed by atoms with E-state index >= 15 is 0 Å². The van der Waals surface area contributed by atoms with Crippen LogP contribution in [0.1, 0.15) is 15.9 Å². The number of hydrogen-bond acceptors (Lipinski definition) is 4. The van der Waals surface area contributed by atoms with Crippen LogP contribution in [0.2, 0.25) is 0 Å². The molecule has 156 valence electrons. The standard InChI is InChI=1S/C24H21N3O3S/c1-27(31(29,30)18-12-6-3-7-13-18)16-20-22(24(25)28)19-14-8-9-15-21(19)26-23(20)17-10-4-2-5-11-17/h2-15H,16H2,1H3,(H2,25,28). The zero-order valence-electron chi connectivity index (χ0n) is 16.9. The number of para-hydroxylation sites is 1. The predicted octanol–water partition coefficient (Wildman–Crippen LogP) is 3.82. The minimum absolute atomic E-state index is 0.0580. The molecule has 0 aliphatic rings. The summed E-state index contributed by atoms with van der Waals surface area (Å²) >= 11 is 0. The lowest BCUT2D eigenvalue weighted by atomic mass is 9.96. The van der Waals surface area contributed by atoms with Crippen molar-refractivity contribution in [3.63, 3.8) is 0 Å². The lowest BCUT2D eigenvalue weighted by Crippen LogP contribution is -2.28. The number of carbonyl (C=O) groups is 1. The first-order valence-electron chi connectivity index (χ1n) is 9.68. The molecule has 1 heterocycles. The number of benzene rings is 3. The van der Waals surface area contributed by atoms with Crippen molar-refractivity contribution in [3.05, 3.63) is 96.1 Å². The molecule has 0 atom stereocenters. The molecule has 0 aliphatic carbocycles. The molecule has 0 saturated heterocycles. The van der Waals surface area contributed by atoms with Crippen LogP contribution in [0.3, 0.4) is 0 Å². The van der Waals surface area contributed by atoms with Gasteiger partial charge in [-0.05, 0) is 18.2 Å². The van der Waals surface area contributed by atoms with Crippen molar-refractivity contribution in [2.24, 2.45) is 5.73 Å². The van der Waals surface area contributed by atoms with Gasteiger partial charge in [0.1, 0.15) is 0 Å². The monoisotopic (exact) mass is 431 g/mol. The molecule has 0 radical (unpaired) electrons. The number of nitrogens with zero attached hydrogens (tertiary/aromatic N) is 2. The van der Waals surface area contributed by atoms with Crippen LogP contribution < -0.4 is 5.73 Å². The smallest absolute Gasteiger partial charge is 0.249 e. The fourth-order valence-electron chi connectivity index (χ4n) is 3.60. The van der Waals surface area contributed by atoms with Crippen LogP contribution in [-0.4, -0.2) is 30.7 Å². The number of sulfonamides is 1. The van der Waals surface area contributed by atoms with Crippen molar-refractivity contribution in [2.45, 2.75) is 11.4 Å². The Kier molecular flexibility index (Phi) is 5.54. The third-order valence-corrected chi connectivity index (χ3v) is 6.94. The Labute approximate surface area is 181 Å². The van der Waals surface area contributed by atoms with Gasteiger partial charge in [-0.25, -0.2) is 13.4 Å². The number of carbonyl (C=O) groups excluding carboxylic acids is 1. The highest BCUT2D eigenvalue weighted by Gasteiger charge is 2.26. The van der Waals surface area contributed by atoms with Crippen LogP contribution in [0.25, 0.3) is 22.2 Å². The average molecular weight is 432 g/mol. The first kappa shape index (κ1) is 20.7. The van der Waals surface area contributed by atoms with E-state index in [4.69, 9.17) is 10.7 Å². The Bertz CT molecular complexity index is 1360. The van der Waals surface area contributed by atoms with Crippen molar-refractivity contribution >= 4 is 26.8 Å². The molecule has 3 aromatic carbocycles. The summed E-state index contributed by atoms with van der Waals surface area (Å²) in [6.07, 6.45) is 0. The van der Waals surface area contributed by atoms with Gasteiger partial charge in [-0.3, -0.25) is 4.79 Å². The van der Waals surface area contributed by atoms with Gasteiger partial charge in [0.15, 0.2) is 0 Å². The molecule has 0 bridgehead atoms. The number of nitrogens with two attached hydrogens (primary N) is 1. The van der Waals surface area contributed by atoms with Crippen LogP contribution >= 0.6 is 0 Å². The van der Waals surface area contributed by atoms with Gasteiger partial charge in [0.2, 0.25) is 15.9 Å². The molecule has 4 rings (SSSR count). The third kappa shape index (κ3) is 3.93. The molecule has 7 heteroatoms. The Morgan fingerprint density at radius 3 is 2.13 bits per heavy atom. The van der Waals surface area contributed by atoms with E-state index in [1.54, 1.807) is 30.3 Å². The third-order valence-electron chi connectivity index (χ3n) is 5.12. The van der Waals surface area contributed by atoms with E-state index in [2.05, 4.69) is 0 Å². The largest absolute Gasteiger partial charge is 0.366 e. The van der Waals surface area contributed by atoms with Crippen molar-refractivity contribution in [1.82, 2.24) is 9.29 Å². The van der Waals surface area contributed by atoms with Crippen LogP contribution in [0.15, 0.2) is 89.8 Å². The van der Waals surface area contributed by atoms with E-state index in [0.717, 1.165) is 5.56 Å². The zero-order valence-corrected chi connectivity index (χ0v) is 17.7. The van der Waals surface area contributed by atoms with Crippen molar-refractivity contribution in [2.75, 3.05) is 7.05 Å². The second-order valence-electron chi connectivity index (χ2n) is 7.14. The number of hydrogen-bond donors (Lipinski definition) is 1. The number of pyridine rings is 1. The van der Waals surface area contributed by atoms with E-state index < -0.39 is 15.9 Å². The molecule has 1 aromatic heterocycles. The van der Waals surface area contributed by atoms with E-state index in [1.165, 1.54) is 23.5 Å². The Morgan fingerprint density at radius 1 is 0.903 bits per heavy atom. The Balaban J connectivity index is 1.93. The molecule has 0 spiro atoms. The quantitative estimate of drug-likeness (QED) is 0.502. The maximum absolute atomic E-state index is 13.1. The fourth-order valence-corrected chi connectivity index (χ4v) is 4.76. The van der Waals surface area contributed by atoms with Gasteiger partial charge in [0.05, 0.1) is 21.7 Å². The topological polar surface area (TPSA) is 93.4 Å². The fraction of sp³-hybridized carbons (Fsp3) is 0.0833. The molecule has 4 aromatic rings. The molecular weight excluding hydrogens is 410 g/mol. The number of aromatic nitrogens is 1. The lowest BCUT2D eigenvalue weighted by Gasteiger charge is -2.21. The molecule has 2 N–H and O–H groups in total. The highest BCUT2D eigenvalue weighted by molar-refractivity contribution is 7.89. The predicted molar refractivity (Wildman–Crippen MR) is 121 cm³/mol. The van der Waals surface area contributed by atoms with Gasteiger partial charge in [-0.15, -0.1) is 0 Å². The van der Waals surface area contributed by atoms with Crippen molar-refractivity contribution < 1.29 is 13.2 Å². The highest BCUT2D eigenvalue weighted by atomic mass is 32.2. The Hall–Kier alpha value is -3.55. The van der Waals surface area contributed by atoms with Gasteiger partial charge >= 0.3 is 0 Å². The minimum atomic E-state index is -3.78. The molecule has 31 heavy (non-hydrogen) atoms. The maximum atomic E-state index is 13.1. The number of fused-ring (bicyclic) bond motifs is 1. The van der Waals surface area contributed by atoms with E-state index in [-0.39, 0.29) is 17.0 Å². The summed E-state index contributed by atoms with van der Waals surface area (Å²) in [6, 6.07) is 24.7. The van der Waals surface area contributed by atoms with Gasteiger partial charge in [-0.2, -0.15) is 4.31 Å². The average Bonchev–Trinajstić information content (AvgIpc) is 2.79. The number of amides is 1. The van der Waals surface area contributed by atoms with Crippen LogP contribution in [-0.2, 0) is 16.6 Å². The van der Waals surface area contributed by atoms with Gasteiger partial charge in [0, 0.05) is 30.1 Å². The molecule has 0 saturated carbocycles. The number of rotatable bonds is 6. The summed E-state index contributed by atoms with van der Waals surface area (Å²) < 4.78 is 27.5. The second kappa shape index (κ2) is 8.29. The molecule has 0 unspecified atom stereocenters. The zero-order chi connectivity index (χ0) is 22.0. The van der Waals surface area contributed by atoms with E-state index in [9.17, 15) is 13.2 Å². The van der Waals surface area contributed by atoms with Crippen LogP contribution in [0, 0.1) is 0 Å². The van der Waals surface area contributed by atoms with Crippen LogP contribution in [0.4, 0.5) is 0 Å². The maximum Gasteiger partial charge on any atom is 0.249 e. The highest BCUT2D eigenvalue weighted by Crippen LogP contribution is 2.32. The van der Waals surface area contributed by atoms with E-state index in [0.29, 0.717) is 22.2 Å². The van der Waals surface area contributed by atoms with Crippen LogP contribution in [0.5, 0.6) is 0 Å². The Morgan fingerprint density at radius 2 is 1.48 bits per heavy atom. The van der Waals surface area contributed by atoms with Gasteiger partial charge < -0.3 is 5.73 Å². The van der Waals surface area contributed by atoms with E-state index in [1.807, 2.05) is 42.5 Å². The van der Waals surface area contributed by atoms with Crippen molar-refractivity contribution in [3.8, 4) is 11.3 Å². The summed E-state index contributed by atoms with van der Waals surface area (Å²) in [6.45, 7) is -0.0580. The SMILES string of the molecule is CN(Cc1c(-c2ccccc2)nc2ccccc2c1C(N)=O)S(=O)(=O)c1ccccc1. The molecule has 6 nitrogen and oxygen atoms in total. The lowest BCUT2D eigenvalue weighted by molar-refractivity contribution is 0.100. The second-order valence-corrected chi connectivity index (χ2v) is 9.18. The minimum Gasteiger partial charge on any atom is -0.366 e. The molecule has 0 fully saturated rings. The summed E-state index contributed by atoms with van der Waals surface area (Å²) in [4.78, 5) is 17.5. The first-order valence-corrected chi connectivity index (χ1v) is 11.1. The first-order chi connectivity index (χ1) is 14.9. The summed E-state index contributed by atoms with van der Waals surface area (Å²) in [5.41, 5.74) is 8.46. The summed E-state index contributed by atoms with van der Waals surface area (Å²) in [5, 5.41) is 0.593. The summed E-state index contributed by atoms with van der Waals surface area (Å²) in [7, 11) is -2.30. The van der Waals surface area contributed by atoms with Gasteiger partial charge in [0.25, 0.3) is 0 Å². The molecular formula is C24H21N3O3S. The normalized spacial score (nSPS) is 11.7. The van der Waals surface area contributed by atoms with Crippen molar-refractivity contribution in [1.29, 1.82) is 0 Å². The molecule has 1 amide bonds. The number of primary amides is 1. The van der Waals surface area contributed by atoms with Gasteiger partial charge in [-0.1, -0.05) is 66.7 Å². The summed E-state index contributed by atoms with van der Waals surface area (Å²) in [5.74, 6) is -0.628.